The number of phenols is 1. The van der Waals surface area contributed by atoms with Crippen LogP contribution in [0.25, 0.3) is 0 Å². The quantitative estimate of drug-likeness (QED) is 0.298. The maximum atomic E-state index is 9.78. The van der Waals surface area contributed by atoms with Gasteiger partial charge in [-0.25, -0.2) is 4.99 Å². The van der Waals surface area contributed by atoms with Gasteiger partial charge in [0, 0.05) is 12.6 Å². The van der Waals surface area contributed by atoms with E-state index in [4.69, 9.17) is 9.26 Å². The summed E-state index contributed by atoms with van der Waals surface area (Å²) in [5.41, 5.74) is 1.89. The monoisotopic (exact) mass is 488 g/mol. The predicted molar refractivity (Wildman–Crippen MR) is 117 cm³/mol. The van der Waals surface area contributed by atoms with Gasteiger partial charge in [-0.05, 0) is 37.5 Å². The lowest BCUT2D eigenvalue weighted by Crippen LogP contribution is -2.36. The molecule has 0 atom stereocenters. The number of halogens is 1. The Morgan fingerprint density at radius 2 is 2.04 bits per heavy atom. The van der Waals surface area contributed by atoms with Crippen LogP contribution in [0.2, 0.25) is 0 Å². The van der Waals surface area contributed by atoms with Crippen LogP contribution in [-0.4, -0.2) is 29.4 Å². The van der Waals surface area contributed by atoms with E-state index in [1.165, 1.54) is 0 Å². The van der Waals surface area contributed by atoms with Crippen molar-refractivity contribution >= 4 is 29.9 Å². The maximum absolute atomic E-state index is 9.78. The number of phenolic OH excluding ortho intramolecular Hbond substituents is 1. The van der Waals surface area contributed by atoms with Gasteiger partial charge in [-0.15, -0.1) is 24.0 Å². The molecule has 8 heteroatoms. The highest BCUT2D eigenvalue weighted by Gasteiger charge is 2.08. The summed E-state index contributed by atoms with van der Waals surface area (Å²) < 4.78 is 10.7. The molecule has 0 aliphatic carbocycles. The molecule has 0 spiro atoms. The average molecular weight is 488 g/mol. The summed E-state index contributed by atoms with van der Waals surface area (Å²) in [6.45, 7) is 10.3. The van der Waals surface area contributed by atoms with Crippen LogP contribution in [0.1, 0.15) is 50.6 Å². The standard InChI is InChI=1S/C19H28N4O3.HI/c1-5-20-19(22-12-15-10-16(13(3)4)23-26-15)21-11-14-7-8-17(24)18(9-14)25-6-2;/h7-10,13,24H,5-6,11-12H2,1-4H3,(H2,20,21,22);1H. The largest absolute Gasteiger partial charge is 0.504 e. The number of aliphatic imine (C=N–C) groups is 1. The second-order valence-electron chi connectivity index (χ2n) is 6.16. The first-order valence-corrected chi connectivity index (χ1v) is 8.95. The third-order valence-corrected chi connectivity index (χ3v) is 3.69. The minimum absolute atomic E-state index is 0. The van der Waals surface area contributed by atoms with Gasteiger partial charge in [0.2, 0.25) is 0 Å². The topological polar surface area (TPSA) is 91.9 Å². The van der Waals surface area contributed by atoms with E-state index in [-0.39, 0.29) is 29.7 Å². The van der Waals surface area contributed by atoms with E-state index in [1.807, 2.05) is 26.0 Å². The molecule has 27 heavy (non-hydrogen) atoms. The minimum Gasteiger partial charge on any atom is -0.504 e. The highest BCUT2D eigenvalue weighted by molar-refractivity contribution is 14.0. The van der Waals surface area contributed by atoms with Gasteiger partial charge in [-0.3, -0.25) is 0 Å². The lowest BCUT2D eigenvalue weighted by Gasteiger charge is -2.11. The van der Waals surface area contributed by atoms with Crippen molar-refractivity contribution in [2.75, 3.05) is 13.2 Å². The highest BCUT2D eigenvalue weighted by atomic mass is 127. The number of hydrogen-bond acceptors (Lipinski definition) is 5. The third-order valence-electron chi connectivity index (χ3n) is 3.69. The number of rotatable bonds is 8. The molecule has 2 rings (SSSR count). The molecular formula is C19H29IN4O3. The van der Waals surface area contributed by atoms with E-state index in [0.29, 0.717) is 37.3 Å². The molecule has 0 bridgehead atoms. The molecular weight excluding hydrogens is 459 g/mol. The number of hydrogen-bond donors (Lipinski definition) is 3. The van der Waals surface area contributed by atoms with Crippen molar-refractivity contribution in [2.24, 2.45) is 4.99 Å². The number of nitrogens with one attached hydrogen (secondary N) is 2. The number of guanidine groups is 1. The van der Waals surface area contributed by atoms with Crippen LogP contribution in [0.3, 0.4) is 0 Å². The van der Waals surface area contributed by atoms with Crippen molar-refractivity contribution in [2.45, 2.75) is 46.7 Å². The first kappa shape index (κ1) is 23.1. The van der Waals surface area contributed by atoms with E-state index in [0.717, 1.165) is 23.6 Å². The maximum Gasteiger partial charge on any atom is 0.191 e. The summed E-state index contributed by atoms with van der Waals surface area (Å²) in [6.07, 6.45) is 0. The first-order valence-electron chi connectivity index (χ1n) is 8.95. The minimum atomic E-state index is 0. The van der Waals surface area contributed by atoms with E-state index >= 15 is 0 Å². The lowest BCUT2D eigenvalue weighted by atomic mass is 10.1. The van der Waals surface area contributed by atoms with Crippen LogP contribution >= 0.6 is 24.0 Å². The molecule has 0 fully saturated rings. The number of nitrogens with zero attached hydrogens (tertiary/aromatic N) is 2. The molecule has 0 unspecified atom stereocenters. The van der Waals surface area contributed by atoms with Gasteiger partial charge < -0.3 is 25.0 Å². The van der Waals surface area contributed by atoms with Gasteiger partial charge in [0.1, 0.15) is 0 Å². The Hall–Kier alpha value is -1.97. The van der Waals surface area contributed by atoms with E-state index in [2.05, 4.69) is 34.6 Å². The van der Waals surface area contributed by atoms with Crippen LogP contribution in [-0.2, 0) is 13.1 Å². The molecule has 1 aromatic carbocycles. The molecule has 0 aliphatic heterocycles. The van der Waals surface area contributed by atoms with Crippen LogP contribution in [0.15, 0.2) is 33.8 Å². The summed E-state index contributed by atoms with van der Waals surface area (Å²) in [5.74, 6) is 2.39. The van der Waals surface area contributed by atoms with Gasteiger partial charge >= 0.3 is 0 Å². The molecule has 2 aromatic rings. The first-order chi connectivity index (χ1) is 12.5. The molecule has 0 saturated carbocycles. The zero-order chi connectivity index (χ0) is 18.9. The SMILES string of the molecule is CCNC(=NCc1ccc(O)c(OCC)c1)NCc1cc(C(C)C)no1.I. The molecule has 0 aliphatic rings. The Morgan fingerprint density at radius 3 is 2.67 bits per heavy atom. The van der Waals surface area contributed by atoms with E-state index < -0.39 is 0 Å². The van der Waals surface area contributed by atoms with Gasteiger partial charge in [-0.2, -0.15) is 0 Å². The highest BCUT2D eigenvalue weighted by Crippen LogP contribution is 2.27. The van der Waals surface area contributed by atoms with Crippen molar-refractivity contribution in [3.05, 3.63) is 41.3 Å². The Kier molecular flexibility index (Phi) is 9.98. The predicted octanol–water partition coefficient (Wildman–Crippen LogP) is 3.78. The molecule has 3 N–H and O–H groups in total. The fourth-order valence-corrected chi connectivity index (χ4v) is 2.30. The second-order valence-corrected chi connectivity index (χ2v) is 6.16. The molecule has 0 amide bonds. The Labute approximate surface area is 177 Å². The van der Waals surface area contributed by atoms with Crippen LogP contribution in [0, 0.1) is 0 Å². The Balaban J connectivity index is 0.00000364. The number of aromatic hydroxyl groups is 1. The molecule has 7 nitrogen and oxygen atoms in total. The summed E-state index contributed by atoms with van der Waals surface area (Å²) in [5, 5.41) is 20.3. The fraction of sp³-hybridized carbons (Fsp3) is 0.474. The normalized spacial score (nSPS) is 11.2. The van der Waals surface area contributed by atoms with Gasteiger partial charge in [0.25, 0.3) is 0 Å². The van der Waals surface area contributed by atoms with Crippen molar-refractivity contribution in [1.82, 2.24) is 15.8 Å². The average Bonchev–Trinajstić information content (AvgIpc) is 3.09. The van der Waals surface area contributed by atoms with Crippen molar-refractivity contribution in [1.29, 1.82) is 0 Å². The number of aromatic nitrogens is 1. The summed E-state index contributed by atoms with van der Waals surface area (Å²) >= 11 is 0. The van der Waals surface area contributed by atoms with Crippen LogP contribution in [0.5, 0.6) is 11.5 Å². The fourth-order valence-electron chi connectivity index (χ4n) is 2.30. The van der Waals surface area contributed by atoms with Crippen LogP contribution in [0.4, 0.5) is 0 Å². The van der Waals surface area contributed by atoms with E-state index in [1.54, 1.807) is 12.1 Å². The second kappa shape index (κ2) is 11.7. The number of ether oxygens (including phenoxy) is 1. The number of benzene rings is 1. The summed E-state index contributed by atoms with van der Waals surface area (Å²) in [6, 6.07) is 7.21. The molecule has 150 valence electrons. The van der Waals surface area contributed by atoms with Crippen molar-refractivity contribution < 1.29 is 14.4 Å². The molecule has 0 radical (unpaired) electrons. The lowest BCUT2D eigenvalue weighted by molar-refractivity contribution is 0.318. The summed E-state index contributed by atoms with van der Waals surface area (Å²) in [7, 11) is 0. The Morgan fingerprint density at radius 1 is 1.26 bits per heavy atom. The zero-order valence-corrected chi connectivity index (χ0v) is 18.6. The molecule has 0 saturated heterocycles. The van der Waals surface area contributed by atoms with Gasteiger partial charge in [-0.1, -0.05) is 25.1 Å². The van der Waals surface area contributed by atoms with Gasteiger partial charge in [0.15, 0.2) is 23.2 Å². The molecule has 1 aromatic heterocycles. The zero-order valence-electron chi connectivity index (χ0n) is 16.3. The van der Waals surface area contributed by atoms with Crippen LogP contribution < -0.4 is 15.4 Å². The van der Waals surface area contributed by atoms with Crippen molar-refractivity contribution in [3.63, 3.8) is 0 Å². The van der Waals surface area contributed by atoms with Gasteiger partial charge in [0.05, 0.1) is 25.4 Å². The molecule has 1 heterocycles. The van der Waals surface area contributed by atoms with Crippen molar-refractivity contribution in [3.8, 4) is 11.5 Å². The Bertz CT molecular complexity index is 731. The smallest absolute Gasteiger partial charge is 0.191 e. The summed E-state index contributed by atoms with van der Waals surface area (Å²) in [4.78, 5) is 4.57. The van der Waals surface area contributed by atoms with E-state index in [9.17, 15) is 5.11 Å². The third kappa shape index (κ3) is 7.28.